The molecule has 1 unspecified atom stereocenters. The first-order chi connectivity index (χ1) is 8.60. The third kappa shape index (κ3) is 3.54. The highest BCUT2D eigenvalue weighted by Gasteiger charge is 2.22. The summed E-state index contributed by atoms with van der Waals surface area (Å²) in [4.78, 5) is 18.5. The SMILES string of the molecule is CCNc1ncnc(NCC(C)CC)c1[N+](=O)[O-]. The summed E-state index contributed by atoms with van der Waals surface area (Å²) in [6, 6.07) is 0. The number of rotatable bonds is 7. The predicted molar refractivity (Wildman–Crippen MR) is 70.8 cm³/mol. The summed E-state index contributed by atoms with van der Waals surface area (Å²) in [6.45, 7) is 7.23. The van der Waals surface area contributed by atoms with Gasteiger partial charge in [-0.15, -0.1) is 0 Å². The minimum absolute atomic E-state index is 0.0948. The fourth-order valence-electron chi connectivity index (χ4n) is 1.39. The smallest absolute Gasteiger partial charge is 0.353 e. The molecule has 0 amide bonds. The number of nitrogens with one attached hydrogen (secondary N) is 2. The lowest BCUT2D eigenvalue weighted by Gasteiger charge is -2.12. The average molecular weight is 253 g/mol. The van der Waals surface area contributed by atoms with Crippen LogP contribution >= 0.6 is 0 Å². The molecule has 0 aromatic carbocycles. The Bertz CT molecular complexity index is 410. The van der Waals surface area contributed by atoms with E-state index in [1.54, 1.807) is 0 Å². The normalized spacial score (nSPS) is 11.9. The Kier molecular flexibility index (Phi) is 5.29. The third-order valence-electron chi connectivity index (χ3n) is 2.66. The fraction of sp³-hybridized carbons (Fsp3) is 0.636. The van der Waals surface area contributed by atoms with Gasteiger partial charge in [0.05, 0.1) is 4.92 Å². The van der Waals surface area contributed by atoms with Crippen molar-refractivity contribution in [1.82, 2.24) is 9.97 Å². The standard InChI is InChI=1S/C11H19N5O2/c1-4-8(3)6-13-11-9(16(17)18)10(12-5-2)14-7-15-11/h7-8H,4-6H2,1-3H3,(H2,12,13,14,15). The predicted octanol–water partition coefficient (Wildman–Crippen LogP) is 2.27. The van der Waals surface area contributed by atoms with E-state index in [2.05, 4.69) is 34.4 Å². The second-order valence-electron chi connectivity index (χ2n) is 4.10. The molecule has 1 aromatic rings. The van der Waals surface area contributed by atoms with Crippen molar-refractivity contribution in [3.8, 4) is 0 Å². The molecule has 0 saturated heterocycles. The van der Waals surface area contributed by atoms with E-state index in [1.165, 1.54) is 6.33 Å². The van der Waals surface area contributed by atoms with Gasteiger partial charge in [0.1, 0.15) is 6.33 Å². The first-order valence-electron chi connectivity index (χ1n) is 6.07. The van der Waals surface area contributed by atoms with Crippen LogP contribution in [0.1, 0.15) is 27.2 Å². The monoisotopic (exact) mass is 253 g/mol. The van der Waals surface area contributed by atoms with E-state index in [0.29, 0.717) is 19.0 Å². The van der Waals surface area contributed by atoms with Crippen molar-refractivity contribution < 1.29 is 4.92 Å². The number of aromatic nitrogens is 2. The number of anilines is 2. The summed E-state index contributed by atoms with van der Waals surface area (Å²) >= 11 is 0. The molecule has 1 heterocycles. The highest BCUT2D eigenvalue weighted by Crippen LogP contribution is 2.28. The van der Waals surface area contributed by atoms with Crippen LogP contribution in [0.4, 0.5) is 17.3 Å². The van der Waals surface area contributed by atoms with E-state index in [0.717, 1.165) is 6.42 Å². The maximum absolute atomic E-state index is 11.1. The van der Waals surface area contributed by atoms with Gasteiger partial charge in [-0.1, -0.05) is 20.3 Å². The maximum Gasteiger partial charge on any atom is 0.353 e. The van der Waals surface area contributed by atoms with Crippen LogP contribution in [0.15, 0.2) is 6.33 Å². The van der Waals surface area contributed by atoms with Crippen molar-refractivity contribution in [2.75, 3.05) is 23.7 Å². The Hall–Kier alpha value is -1.92. The van der Waals surface area contributed by atoms with Gasteiger partial charge in [-0.2, -0.15) is 0 Å². The molecule has 0 fully saturated rings. The van der Waals surface area contributed by atoms with Crippen molar-refractivity contribution >= 4 is 17.3 Å². The molecule has 0 spiro atoms. The molecular weight excluding hydrogens is 234 g/mol. The van der Waals surface area contributed by atoms with Crippen LogP contribution in [0.2, 0.25) is 0 Å². The highest BCUT2D eigenvalue weighted by molar-refractivity contribution is 5.69. The van der Waals surface area contributed by atoms with Gasteiger partial charge in [0.15, 0.2) is 0 Å². The third-order valence-corrected chi connectivity index (χ3v) is 2.66. The van der Waals surface area contributed by atoms with Crippen LogP contribution in [0.25, 0.3) is 0 Å². The van der Waals surface area contributed by atoms with E-state index >= 15 is 0 Å². The molecule has 0 radical (unpaired) electrons. The van der Waals surface area contributed by atoms with Crippen LogP contribution in [0.3, 0.4) is 0 Å². The van der Waals surface area contributed by atoms with Crippen molar-refractivity contribution in [3.63, 3.8) is 0 Å². The number of nitrogens with zero attached hydrogens (tertiary/aromatic N) is 3. The summed E-state index contributed by atoms with van der Waals surface area (Å²) in [5.41, 5.74) is -0.0948. The van der Waals surface area contributed by atoms with Crippen LogP contribution in [0.5, 0.6) is 0 Å². The second-order valence-corrected chi connectivity index (χ2v) is 4.10. The Morgan fingerprint density at radius 3 is 2.44 bits per heavy atom. The summed E-state index contributed by atoms with van der Waals surface area (Å²) < 4.78 is 0. The molecule has 1 atom stereocenters. The zero-order valence-corrected chi connectivity index (χ0v) is 10.9. The van der Waals surface area contributed by atoms with E-state index in [4.69, 9.17) is 0 Å². The van der Waals surface area contributed by atoms with Gasteiger partial charge < -0.3 is 10.6 Å². The molecule has 1 rings (SSSR count). The van der Waals surface area contributed by atoms with Gasteiger partial charge in [0, 0.05) is 13.1 Å². The van der Waals surface area contributed by atoms with Crippen molar-refractivity contribution in [3.05, 3.63) is 16.4 Å². The molecule has 0 bridgehead atoms. The molecule has 0 aliphatic heterocycles. The summed E-state index contributed by atoms with van der Waals surface area (Å²) in [7, 11) is 0. The molecule has 18 heavy (non-hydrogen) atoms. The zero-order chi connectivity index (χ0) is 13.5. The van der Waals surface area contributed by atoms with Gasteiger partial charge in [-0.25, -0.2) is 9.97 Å². The number of hydrogen-bond donors (Lipinski definition) is 2. The van der Waals surface area contributed by atoms with Crippen LogP contribution in [-0.2, 0) is 0 Å². The van der Waals surface area contributed by atoms with E-state index in [1.807, 2.05) is 6.92 Å². The van der Waals surface area contributed by atoms with E-state index < -0.39 is 4.92 Å². The zero-order valence-electron chi connectivity index (χ0n) is 10.9. The van der Waals surface area contributed by atoms with Crippen LogP contribution < -0.4 is 10.6 Å². The fourth-order valence-corrected chi connectivity index (χ4v) is 1.39. The lowest BCUT2D eigenvalue weighted by Crippen LogP contribution is -2.14. The second kappa shape index (κ2) is 6.73. The van der Waals surface area contributed by atoms with Crippen molar-refractivity contribution in [2.45, 2.75) is 27.2 Å². The summed E-state index contributed by atoms with van der Waals surface area (Å²) in [6.07, 6.45) is 2.33. The van der Waals surface area contributed by atoms with Gasteiger partial charge in [0.25, 0.3) is 0 Å². The van der Waals surface area contributed by atoms with Gasteiger partial charge in [0.2, 0.25) is 11.6 Å². The topological polar surface area (TPSA) is 93.0 Å². The minimum atomic E-state index is -0.461. The molecule has 7 nitrogen and oxygen atoms in total. The summed E-state index contributed by atoms with van der Waals surface area (Å²) in [5, 5.41) is 17.0. The molecule has 0 saturated carbocycles. The highest BCUT2D eigenvalue weighted by atomic mass is 16.6. The Balaban J connectivity index is 2.95. The quantitative estimate of drug-likeness (QED) is 0.572. The van der Waals surface area contributed by atoms with E-state index in [9.17, 15) is 10.1 Å². The largest absolute Gasteiger partial charge is 0.364 e. The first-order valence-corrected chi connectivity index (χ1v) is 6.07. The van der Waals surface area contributed by atoms with Crippen LogP contribution in [-0.4, -0.2) is 28.0 Å². The Morgan fingerprint density at radius 1 is 1.33 bits per heavy atom. The van der Waals surface area contributed by atoms with Crippen molar-refractivity contribution in [1.29, 1.82) is 0 Å². The van der Waals surface area contributed by atoms with Gasteiger partial charge in [-0.05, 0) is 12.8 Å². The van der Waals surface area contributed by atoms with E-state index in [-0.39, 0.29) is 17.3 Å². The van der Waals surface area contributed by atoms with Gasteiger partial charge >= 0.3 is 5.69 Å². The molecule has 1 aromatic heterocycles. The number of nitro groups is 1. The molecule has 100 valence electrons. The first kappa shape index (κ1) is 14.1. The van der Waals surface area contributed by atoms with Gasteiger partial charge in [-0.3, -0.25) is 10.1 Å². The maximum atomic E-state index is 11.1. The molecular formula is C11H19N5O2. The minimum Gasteiger partial charge on any atom is -0.364 e. The molecule has 2 N–H and O–H groups in total. The lowest BCUT2D eigenvalue weighted by atomic mass is 10.1. The Labute approximate surface area is 106 Å². The molecule has 0 aliphatic rings. The Morgan fingerprint density at radius 2 is 1.94 bits per heavy atom. The lowest BCUT2D eigenvalue weighted by molar-refractivity contribution is -0.383. The average Bonchev–Trinajstić information content (AvgIpc) is 2.36. The molecule has 0 aliphatic carbocycles. The summed E-state index contributed by atoms with van der Waals surface area (Å²) in [5.74, 6) is 0.956. The molecule has 7 heteroatoms. The number of hydrogen-bond acceptors (Lipinski definition) is 6. The van der Waals surface area contributed by atoms with Crippen LogP contribution in [0, 0.1) is 16.0 Å². The van der Waals surface area contributed by atoms with Crippen molar-refractivity contribution in [2.24, 2.45) is 5.92 Å².